The number of thioether (sulfide) groups is 1. The van der Waals surface area contributed by atoms with Crippen LogP contribution in [0, 0.1) is 0 Å². The molecule has 0 unspecified atom stereocenters. The predicted molar refractivity (Wildman–Crippen MR) is 67.0 cm³/mol. The van der Waals surface area contributed by atoms with Crippen molar-refractivity contribution in [3.05, 3.63) is 48.8 Å². The zero-order valence-electron chi connectivity index (χ0n) is 9.46. The lowest BCUT2D eigenvalue weighted by Crippen LogP contribution is -1.97. The van der Waals surface area contributed by atoms with E-state index < -0.39 is 6.08 Å². The molecule has 0 radical (unpaired) electrons. The highest BCUT2D eigenvalue weighted by molar-refractivity contribution is 7.99. The van der Waals surface area contributed by atoms with E-state index in [0.29, 0.717) is 12.2 Å². The van der Waals surface area contributed by atoms with Crippen molar-refractivity contribution in [2.75, 3.05) is 5.75 Å². The molecule has 0 atom stereocenters. The van der Waals surface area contributed by atoms with Crippen molar-refractivity contribution in [1.82, 2.24) is 15.0 Å². The van der Waals surface area contributed by atoms with Crippen molar-refractivity contribution >= 4 is 11.8 Å². The SMILES string of the molecule is FC(F)=CCCSc1cccc(-n2nccn2)c1. The molecular weight excluding hydrogens is 256 g/mol. The van der Waals surface area contributed by atoms with E-state index in [-0.39, 0.29) is 0 Å². The minimum absolute atomic E-state index is 0.358. The van der Waals surface area contributed by atoms with Crippen molar-refractivity contribution in [3.63, 3.8) is 0 Å². The first kappa shape index (κ1) is 12.8. The number of hydrogen-bond donors (Lipinski definition) is 0. The maximum Gasteiger partial charge on any atom is 0.266 e. The Bertz CT molecular complexity index is 522. The van der Waals surface area contributed by atoms with E-state index in [9.17, 15) is 8.78 Å². The minimum Gasteiger partial charge on any atom is -0.174 e. The molecule has 0 amide bonds. The molecule has 6 heteroatoms. The van der Waals surface area contributed by atoms with Crippen LogP contribution in [0.3, 0.4) is 0 Å². The van der Waals surface area contributed by atoms with Gasteiger partial charge < -0.3 is 0 Å². The topological polar surface area (TPSA) is 30.7 Å². The highest BCUT2D eigenvalue weighted by Gasteiger charge is 2.00. The van der Waals surface area contributed by atoms with Crippen molar-refractivity contribution < 1.29 is 8.78 Å². The first-order chi connectivity index (χ1) is 8.75. The monoisotopic (exact) mass is 267 g/mol. The average molecular weight is 267 g/mol. The summed E-state index contributed by atoms with van der Waals surface area (Å²) < 4.78 is 23.7. The van der Waals surface area contributed by atoms with E-state index in [4.69, 9.17) is 0 Å². The van der Waals surface area contributed by atoms with Crippen LogP contribution in [-0.2, 0) is 0 Å². The van der Waals surface area contributed by atoms with Crippen LogP contribution in [0.1, 0.15) is 6.42 Å². The molecule has 0 aliphatic rings. The van der Waals surface area contributed by atoms with Gasteiger partial charge in [-0.05, 0) is 30.7 Å². The standard InChI is InChI=1S/C12H11F2N3S/c13-12(14)5-2-8-18-11-4-1-3-10(9-11)17-15-6-7-16-17/h1,3-7,9H,2,8H2. The molecule has 0 aliphatic heterocycles. The molecule has 3 nitrogen and oxygen atoms in total. The fourth-order valence-electron chi connectivity index (χ4n) is 1.39. The van der Waals surface area contributed by atoms with Gasteiger partial charge in [-0.2, -0.15) is 23.8 Å². The summed E-state index contributed by atoms with van der Waals surface area (Å²) in [5, 5.41) is 8.07. The molecule has 0 fully saturated rings. The lowest BCUT2D eigenvalue weighted by Gasteiger charge is -2.03. The lowest BCUT2D eigenvalue weighted by molar-refractivity contribution is 0.418. The molecule has 94 valence electrons. The van der Waals surface area contributed by atoms with Crippen LogP contribution in [0.4, 0.5) is 8.78 Å². The van der Waals surface area contributed by atoms with Gasteiger partial charge in [0.2, 0.25) is 0 Å². The van der Waals surface area contributed by atoms with E-state index in [0.717, 1.165) is 16.7 Å². The molecule has 0 saturated heterocycles. The molecule has 2 aromatic rings. The van der Waals surface area contributed by atoms with Gasteiger partial charge in [-0.25, -0.2) is 0 Å². The highest BCUT2D eigenvalue weighted by atomic mass is 32.2. The fourth-order valence-corrected chi connectivity index (χ4v) is 2.24. The van der Waals surface area contributed by atoms with Gasteiger partial charge in [-0.1, -0.05) is 6.07 Å². The normalized spacial score (nSPS) is 10.3. The van der Waals surface area contributed by atoms with Gasteiger partial charge in [0.05, 0.1) is 18.1 Å². The highest BCUT2D eigenvalue weighted by Crippen LogP contribution is 2.21. The third-order valence-electron chi connectivity index (χ3n) is 2.15. The summed E-state index contributed by atoms with van der Waals surface area (Å²) in [7, 11) is 0. The van der Waals surface area contributed by atoms with Crippen LogP contribution in [0.15, 0.2) is 53.7 Å². The summed E-state index contributed by atoms with van der Waals surface area (Å²) in [6, 6.07) is 7.66. The van der Waals surface area contributed by atoms with Crippen molar-refractivity contribution in [1.29, 1.82) is 0 Å². The molecule has 0 spiro atoms. The molecule has 1 heterocycles. The van der Waals surface area contributed by atoms with Crippen LogP contribution >= 0.6 is 11.8 Å². The summed E-state index contributed by atoms with van der Waals surface area (Å²) in [6.45, 7) is 0. The zero-order valence-corrected chi connectivity index (χ0v) is 10.3. The van der Waals surface area contributed by atoms with Crippen LogP contribution in [0.25, 0.3) is 5.69 Å². The predicted octanol–water partition coefficient (Wildman–Crippen LogP) is 3.53. The van der Waals surface area contributed by atoms with Gasteiger partial charge >= 0.3 is 0 Å². The smallest absolute Gasteiger partial charge is 0.174 e. The van der Waals surface area contributed by atoms with Gasteiger partial charge in [0.25, 0.3) is 6.08 Å². The van der Waals surface area contributed by atoms with Gasteiger partial charge in [0, 0.05) is 10.6 Å². The second kappa shape index (κ2) is 6.30. The summed E-state index contributed by atoms with van der Waals surface area (Å²) >= 11 is 1.53. The average Bonchev–Trinajstić information content (AvgIpc) is 2.89. The maximum atomic E-state index is 11.8. The quantitative estimate of drug-likeness (QED) is 0.613. The Hall–Kier alpha value is -1.69. The molecule has 1 aromatic heterocycles. The molecule has 0 N–H and O–H groups in total. The molecule has 0 bridgehead atoms. The van der Waals surface area contributed by atoms with Crippen molar-refractivity contribution in [2.24, 2.45) is 0 Å². The van der Waals surface area contributed by atoms with Crippen LogP contribution in [0.2, 0.25) is 0 Å². The maximum absolute atomic E-state index is 11.8. The Morgan fingerprint density at radius 1 is 1.28 bits per heavy atom. The number of allylic oxidation sites excluding steroid dienone is 1. The van der Waals surface area contributed by atoms with Crippen LogP contribution in [-0.4, -0.2) is 20.7 Å². The Kier molecular flexibility index (Phi) is 4.46. The second-order valence-corrected chi connectivity index (χ2v) is 4.62. The van der Waals surface area contributed by atoms with E-state index in [1.54, 1.807) is 12.4 Å². The van der Waals surface area contributed by atoms with E-state index in [2.05, 4.69) is 10.2 Å². The molecular formula is C12H11F2N3S. The van der Waals surface area contributed by atoms with Crippen LogP contribution in [0.5, 0.6) is 0 Å². The number of rotatable bonds is 5. The van der Waals surface area contributed by atoms with Gasteiger partial charge in [0.15, 0.2) is 0 Å². The number of aromatic nitrogens is 3. The summed E-state index contributed by atoms with van der Waals surface area (Å²) in [5.41, 5.74) is 0.859. The molecule has 0 saturated carbocycles. The third kappa shape index (κ3) is 3.66. The lowest BCUT2D eigenvalue weighted by atomic mass is 10.3. The van der Waals surface area contributed by atoms with Crippen molar-refractivity contribution in [2.45, 2.75) is 11.3 Å². The number of hydrogen-bond acceptors (Lipinski definition) is 3. The third-order valence-corrected chi connectivity index (χ3v) is 3.18. The Balaban J connectivity index is 1.98. The molecule has 2 rings (SSSR count). The number of benzene rings is 1. The first-order valence-corrected chi connectivity index (χ1v) is 6.35. The van der Waals surface area contributed by atoms with Gasteiger partial charge in [-0.15, -0.1) is 11.8 Å². The molecule has 0 aliphatic carbocycles. The Morgan fingerprint density at radius 2 is 2.06 bits per heavy atom. The summed E-state index contributed by atoms with van der Waals surface area (Å²) in [4.78, 5) is 2.53. The van der Waals surface area contributed by atoms with Crippen molar-refractivity contribution in [3.8, 4) is 5.69 Å². The fraction of sp³-hybridized carbons (Fsp3) is 0.167. The van der Waals surface area contributed by atoms with E-state index >= 15 is 0 Å². The van der Waals surface area contributed by atoms with Crippen LogP contribution < -0.4 is 0 Å². The Labute approximate surface area is 108 Å². The van der Waals surface area contributed by atoms with Gasteiger partial charge in [0.1, 0.15) is 0 Å². The largest absolute Gasteiger partial charge is 0.266 e. The molecule has 1 aromatic carbocycles. The summed E-state index contributed by atoms with van der Waals surface area (Å²) in [5.74, 6) is 0.618. The van der Waals surface area contributed by atoms with E-state index in [1.165, 1.54) is 16.6 Å². The van der Waals surface area contributed by atoms with Gasteiger partial charge in [-0.3, -0.25) is 0 Å². The Morgan fingerprint density at radius 3 is 2.78 bits per heavy atom. The van der Waals surface area contributed by atoms with E-state index in [1.807, 2.05) is 24.3 Å². The zero-order chi connectivity index (χ0) is 12.8. The minimum atomic E-state index is -1.62. The molecule has 18 heavy (non-hydrogen) atoms. The first-order valence-electron chi connectivity index (χ1n) is 5.36. The number of nitrogens with zero attached hydrogens (tertiary/aromatic N) is 3. The summed E-state index contributed by atoms with van der Waals surface area (Å²) in [6.07, 6.45) is 2.89. The second-order valence-electron chi connectivity index (χ2n) is 3.45. The number of halogens is 2.